The lowest BCUT2D eigenvalue weighted by Gasteiger charge is -2.45. The van der Waals surface area contributed by atoms with Crippen molar-refractivity contribution < 1.29 is 19.1 Å². The van der Waals surface area contributed by atoms with Gasteiger partial charge >= 0.3 is 5.97 Å². The first kappa shape index (κ1) is 14.0. The first-order chi connectivity index (χ1) is 10.1. The van der Waals surface area contributed by atoms with E-state index in [1.54, 1.807) is 6.07 Å². The number of amides is 1. The quantitative estimate of drug-likeness (QED) is 0.900. The number of benzene rings is 1. The standard InChI is InChI=1S/C16H18FNO3/c17-11-2-1-3-12(8-11)18-15(19)13-9-4-6-10(7-5-9)14(13)16(20)21/h1-3,8-10,13-14H,4-7H2,(H,18,19)(H,20,21)/t9?,10?,13-,14-/m1/s1. The van der Waals surface area contributed by atoms with Crippen LogP contribution in [0.15, 0.2) is 24.3 Å². The molecule has 1 aromatic rings. The van der Waals surface area contributed by atoms with Crippen molar-refractivity contribution in [3.8, 4) is 0 Å². The van der Waals surface area contributed by atoms with Gasteiger partial charge in [0.1, 0.15) is 5.82 Å². The Morgan fingerprint density at radius 3 is 2.29 bits per heavy atom. The molecule has 2 N–H and O–H groups in total. The van der Waals surface area contributed by atoms with Crippen LogP contribution in [0.25, 0.3) is 0 Å². The Balaban J connectivity index is 1.80. The van der Waals surface area contributed by atoms with Crippen LogP contribution in [0.4, 0.5) is 10.1 Å². The molecule has 5 heteroatoms. The van der Waals surface area contributed by atoms with E-state index in [0.717, 1.165) is 25.7 Å². The molecule has 3 aliphatic rings. The summed E-state index contributed by atoms with van der Waals surface area (Å²) < 4.78 is 13.2. The van der Waals surface area contributed by atoms with Crippen molar-refractivity contribution >= 4 is 17.6 Å². The number of rotatable bonds is 3. The molecule has 0 radical (unpaired) electrons. The van der Waals surface area contributed by atoms with E-state index < -0.39 is 23.6 Å². The fourth-order valence-electron chi connectivity index (χ4n) is 3.97. The molecular formula is C16H18FNO3. The lowest BCUT2D eigenvalue weighted by atomic mass is 9.58. The monoisotopic (exact) mass is 291 g/mol. The van der Waals surface area contributed by atoms with E-state index in [2.05, 4.69) is 5.32 Å². The van der Waals surface area contributed by atoms with Crippen LogP contribution in [0.3, 0.4) is 0 Å². The molecule has 4 rings (SSSR count). The summed E-state index contributed by atoms with van der Waals surface area (Å²) in [7, 11) is 0. The van der Waals surface area contributed by atoms with Crippen LogP contribution in [0, 0.1) is 29.5 Å². The molecule has 0 spiro atoms. The third-order valence-corrected chi connectivity index (χ3v) is 4.90. The van der Waals surface area contributed by atoms with Gasteiger partial charge in [0.05, 0.1) is 11.8 Å². The fraction of sp³-hybridized carbons (Fsp3) is 0.500. The van der Waals surface area contributed by atoms with Gasteiger partial charge in [-0.2, -0.15) is 0 Å². The SMILES string of the molecule is O=C(O)[C@@H]1C2CCC(CC2)[C@H]1C(=O)Nc1cccc(F)c1. The van der Waals surface area contributed by atoms with Crippen LogP contribution in [0.2, 0.25) is 0 Å². The first-order valence-corrected chi connectivity index (χ1v) is 7.35. The van der Waals surface area contributed by atoms with Gasteiger partial charge < -0.3 is 10.4 Å². The van der Waals surface area contributed by atoms with E-state index in [1.807, 2.05) is 0 Å². The van der Waals surface area contributed by atoms with E-state index in [9.17, 15) is 19.1 Å². The third-order valence-electron chi connectivity index (χ3n) is 4.90. The Labute approximate surface area is 122 Å². The van der Waals surface area contributed by atoms with Gasteiger partial charge in [0.15, 0.2) is 0 Å². The average Bonchev–Trinajstić information content (AvgIpc) is 2.47. The zero-order chi connectivity index (χ0) is 15.0. The third kappa shape index (κ3) is 2.64. The van der Waals surface area contributed by atoms with Gasteiger partial charge in [-0.3, -0.25) is 9.59 Å². The maximum atomic E-state index is 13.2. The summed E-state index contributed by atoms with van der Waals surface area (Å²) in [4.78, 5) is 24.0. The highest BCUT2D eigenvalue weighted by Gasteiger charge is 2.50. The second kappa shape index (κ2) is 5.47. The Hall–Kier alpha value is -1.91. The van der Waals surface area contributed by atoms with Crippen LogP contribution in [0.1, 0.15) is 25.7 Å². The highest BCUT2D eigenvalue weighted by molar-refractivity contribution is 5.95. The second-order valence-electron chi connectivity index (χ2n) is 6.06. The highest BCUT2D eigenvalue weighted by Crippen LogP contribution is 2.49. The number of halogens is 1. The number of carbonyl (C=O) groups excluding carboxylic acids is 1. The normalized spacial score (nSPS) is 30.9. The smallest absolute Gasteiger partial charge is 0.307 e. The molecular weight excluding hydrogens is 273 g/mol. The molecule has 4 nitrogen and oxygen atoms in total. The molecule has 0 unspecified atom stereocenters. The second-order valence-corrected chi connectivity index (χ2v) is 6.06. The van der Waals surface area contributed by atoms with Crippen molar-refractivity contribution in [2.45, 2.75) is 25.7 Å². The molecule has 2 bridgehead atoms. The van der Waals surface area contributed by atoms with Gasteiger partial charge in [0, 0.05) is 5.69 Å². The molecule has 1 aromatic carbocycles. The van der Waals surface area contributed by atoms with Gasteiger partial charge in [-0.05, 0) is 55.7 Å². The molecule has 2 atom stereocenters. The van der Waals surface area contributed by atoms with Crippen LogP contribution in [-0.4, -0.2) is 17.0 Å². The summed E-state index contributed by atoms with van der Waals surface area (Å²) in [6.45, 7) is 0. The Morgan fingerprint density at radius 1 is 1.10 bits per heavy atom. The van der Waals surface area contributed by atoms with Gasteiger partial charge in [-0.25, -0.2) is 4.39 Å². The van der Waals surface area contributed by atoms with Crippen molar-refractivity contribution in [3.63, 3.8) is 0 Å². The first-order valence-electron chi connectivity index (χ1n) is 7.35. The molecule has 3 fully saturated rings. The van der Waals surface area contributed by atoms with E-state index >= 15 is 0 Å². The minimum absolute atomic E-state index is 0.0933. The minimum Gasteiger partial charge on any atom is -0.481 e. The number of fused-ring (bicyclic) bond motifs is 3. The van der Waals surface area contributed by atoms with Crippen molar-refractivity contribution in [2.24, 2.45) is 23.7 Å². The number of carboxylic acids is 1. The predicted molar refractivity (Wildman–Crippen MR) is 75.1 cm³/mol. The molecule has 3 aliphatic carbocycles. The lowest BCUT2D eigenvalue weighted by molar-refractivity contribution is -0.156. The van der Waals surface area contributed by atoms with Crippen LogP contribution < -0.4 is 5.32 Å². The Bertz CT molecular complexity index is 566. The maximum Gasteiger partial charge on any atom is 0.307 e. The summed E-state index contributed by atoms with van der Waals surface area (Å²) >= 11 is 0. The number of carboxylic acid groups (broad SMARTS) is 1. The molecule has 3 saturated carbocycles. The van der Waals surface area contributed by atoms with Crippen molar-refractivity contribution in [1.29, 1.82) is 0 Å². The zero-order valence-corrected chi connectivity index (χ0v) is 11.6. The number of anilines is 1. The molecule has 0 saturated heterocycles. The number of hydrogen-bond acceptors (Lipinski definition) is 2. The highest BCUT2D eigenvalue weighted by atomic mass is 19.1. The number of nitrogens with one attached hydrogen (secondary N) is 1. The molecule has 0 aliphatic heterocycles. The Morgan fingerprint density at radius 2 is 1.71 bits per heavy atom. The summed E-state index contributed by atoms with van der Waals surface area (Å²) in [5.74, 6) is -2.48. The average molecular weight is 291 g/mol. The maximum absolute atomic E-state index is 13.2. The van der Waals surface area contributed by atoms with E-state index in [0.29, 0.717) is 5.69 Å². The van der Waals surface area contributed by atoms with E-state index in [4.69, 9.17) is 0 Å². The zero-order valence-electron chi connectivity index (χ0n) is 11.6. The summed E-state index contributed by atoms with van der Waals surface area (Å²) in [5.41, 5.74) is 0.380. The van der Waals surface area contributed by atoms with Crippen molar-refractivity contribution in [1.82, 2.24) is 0 Å². The van der Waals surface area contributed by atoms with Crippen LogP contribution in [-0.2, 0) is 9.59 Å². The fourth-order valence-corrected chi connectivity index (χ4v) is 3.97. The number of aliphatic carboxylic acids is 1. The van der Waals surface area contributed by atoms with Gasteiger partial charge in [0.2, 0.25) is 5.91 Å². The van der Waals surface area contributed by atoms with E-state index in [-0.39, 0.29) is 17.7 Å². The molecule has 112 valence electrons. The van der Waals surface area contributed by atoms with E-state index in [1.165, 1.54) is 18.2 Å². The largest absolute Gasteiger partial charge is 0.481 e. The Kier molecular flexibility index (Phi) is 3.66. The molecule has 21 heavy (non-hydrogen) atoms. The van der Waals surface area contributed by atoms with Gasteiger partial charge in [0.25, 0.3) is 0 Å². The van der Waals surface area contributed by atoms with Gasteiger partial charge in [-0.15, -0.1) is 0 Å². The summed E-state index contributed by atoms with van der Waals surface area (Å²) in [6.07, 6.45) is 3.61. The lowest BCUT2D eigenvalue weighted by Crippen LogP contribution is -2.49. The molecule has 1 amide bonds. The topological polar surface area (TPSA) is 66.4 Å². The van der Waals surface area contributed by atoms with Gasteiger partial charge in [-0.1, -0.05) is 6.07 Å². The predicted octanol–water partition coefficient (Wildman–Crippen LogP) is 2.90. The number of hydrogen-bond donors (Lipinski definition) is 2. The van der Waals surface area contributed by atoms with Crippen molar-refractivity contribution in [3.05, 3.63) is 30.1 Å². The van der Waals surface area contributed by atoms with Crippen LogP contribution >= 0.6 is 0 Å². The minimum atomic E-state index is -0.885. The van der Waals surface area contributed by atoms with Crippen LogP contribution in [0.5, 0.6) is 0 Å². The number of carbonyl (C=O) groups is 2. The summed E-state index contributed by atoms with van der Waals surface area (Å²) in [6, 6.07) is 5.68. The van der Waals surface area contributed by atoms with Crippen molar-refractivity contribution in [2.75, 3.05) is 5.32 Å². The molecule has 0 aromatic heterocycles. The summed E-state index contributed by atoms with van der Waals surface area (Å²) in [5, 5.41) is 12.1. The molecule has 0 heterocycles.